The number of tetrazole rings is 1. The molecule has 0 saturated carbocycles. The van der Waals surface area contributed by atoms with E-state index in [4.69, 9.17) is 16.0 Å². The molecule has 0 aliphatic carbocycles. The van der Waals surface area contributed by atoms with Gasteiger partial charge in [-0.25, -0.2) is 9.37 Å². The van der Waals surface area contributed by atoms with Crippen molar-refractivity contribution < 1.29 is 13.6 Å². The van der Waals surface area contributed by atoms with Crippen LogP contribution in [0, 0.1) is 12.7 Å². The highest BCUT2D eigenvalue weighted by Gasteiger charge is 2.13. The van der Waals surface area contributed by atoms with E-state index >= 15 is 0 Å². The molecule has 30 heavy (non-hydrogen) atoms. The second kappa shape index (κ2) is 8.42. The molecule has 2 aromatic carbocycles. The maximum Gasteiger partial charge on any atom is 0.224 e. The first-order valence-corrected chi connectivity index (χ1v) is 9.43. The number of nitrogens with one attached hydrogen (secondary N) is 1. The Morgan fingerprint density at radius 3 is 2.77 bits per heavy atom. The molecule has 0 bridgehead atoms. The van der Waals surface area contributed by atoms with Crippen molar-refractivity contribution in [2.45, 2.75) is 19.8 Å². The Morgan fingerprint density at radius 2 is 2.03 bits per heavy atom. The number of hydrogen-bond donors (Lipinski definition) is 1. The van der Waals surface area contributed by atoms with Crippen LogP contribution in [-0.2, 0) is 11.2 Å². The molecule has 2 heterocycles. The zero-order valence-corrected chi connectivity index (χ0v) is 16.6. The Bertz CT molecular complexity index is 1190. The van der Waals surface area contributed by atoms with Crippen molar-refractivity contribution in [3.05, 3.63) is 71.2 Å². The minimum absolute atomic E-state index is 0.149. The number of anilines is 1. The fourth-order valence-corrected chi connectivity index (χ4v) is 2.95. The Kier molecular flexibility index (Phi) is 5.53. The molecule has 0 spiro atoms. The third-order valence-electron chi connectivity index (χ3n) is 4.33. The molecule has 1 amide bonds. The lowest BCUT2D eigenvalue weighted by molar-refractivity contribution is -0.116. The number of oxazole rings is 1. The number of halogens is 2. The van der Waals surface area contributed by atoms with Gasteiger partial charge in [0.25, 0.3) is 0 Å². The summed E-state index contributed by atoms with van der Waals surface area (Å²) < 4.78 is 21.1. The van der Waals surface area contributed by atoms with Gasteiger partial charge >= 0.3 is 0 Å². The summed E-state index contributed by atoms with van der Waals surface area (Å²) in [7, 11) is 0. The zero-order valence-electron chi connectivity index (χ0n) is 15.8. The fraction of sp³-hybridized carbons (Fsp3) is 0.150. The molecule has 0 atom stereocenters. The minimum atomic E-state index is -0.502. The maximum atomic E-state index is 14.1. The molecule has 4 rings (SSSR count). The Balaban J connectivity index is 1.39. The summed E-state index contributed by atoms with van der Waals surface area (Å²) >= 11 is 5.89. The molecule has 2 aromatic heterocycles. The van der Waals surface area contributed by atoms with Crippen LogP contribution in [0.15, 0.2) is 53.1 Å². The van der Waals surface area contributed by atoms with Gasteiger partial charge in [-0.3, -0.25) is 4.79 Å². The molecule has 0 aliphatic heterocycles. The van der Waals surface area contributed by atoms with Gasteiger partial charge in [0.15, 0.2) is 17.5 Å². The largest absolute Gasteiger partial charge is 0.441 e. The summed E-state index contributed by atoms with van der Waals surface area (Å²) in [4.78, 5) is 16.5. The van der Waals surface area contributed by atoms with E-state index in [2.05, 4.69) is 25.8 Å². The van der Waals surface area contributed by atoms with Gasteiger partial charge in [-0.1, -0.05) is 11.6 Å². The molecule has 8 nitrogen and oxygen atoms in total. The molecule has 0 fully saturated rings. The molecule has 10 heteroatoms. The van der Waals surface area contributed by atoms with Crippen molar-refractivity contribution in [1.29, 1.82) is 0 Å². The average Bonchev–Trinajstić information content (AvgIpc) is 3.38. The van der Waals surface area contributed by atoms with Gasteiger partial charge in [0.2, 0.25) is 5.91 Å². The summed E-state index contributed by atoms with van der Waals surface area (Å²) in [5.74, 6) is 0.712. The lowest BCUT2D eigenvalue weighted by Crippen LogP contribution is -2.13. The summed E-state index contributed by atoms with van der Waals surface area (Å²) in [5, 5.41) is 14.4. The normalized spacial score (nSPS) is 10.9. The summed E-state index contributed by atoms with van der Waals surface area (Å²) in [6.45, 7) is 1.65. The van der Waals surface area contributed by atoms with Crippen LogP contribution >= 0.6 is 11.6 Å². The highest BCUT2D eigenvalue weighted by molar-refractivity contribution is 6.30. The number of hydrogen-bond acceptors (Lipinski definition) is 6. The van der Waals surface area contributed by atoms with Gasteiger partial charge in [0.1, 0.15) is 11.5 Å². The van der Waals surface area contributed by atoms with Crippen LogP contribution in [0.5, 0.6) is 0 Å². The standard InChI is InChI=1S/C20H16ClFN6O2/c1-12-25-26-27-28(12)17-10-15(6-7-16(17)22)24-19(29)8-9-20-23-11-18(30-20)13-2-4-14(21)5-3-13/h2-7,10-11H,8-9H2,1H3,(H,24,29). The van der Waals surface area contributed by atoms with Crippen molar-refractivity contribution >= 4 is 23.2 Å². The van der Waals surface area contributed by atoms with Gasteiger partial charge in [-0.2, -0.15) is 4.68 Å². The van der Waals surface area contributed by atoms with Crippen molar-refractivity contribution in [2.24, 2.45) is 0 Å². The molecule has 0 saturated heterocycles. The third kappa shape index (κ3) is 4.36. The highest BCUT2D eigenvalue weighted by atomic mass is 35.5. The molecular weight excluding hydrogens is 411 g/mol. The number of rotatable bonds is 6. The van der Waals surface area contributed by atoms with Crippen LogP contribution in [0.25, 0.3) is 17.0 Å². The lowest BCUT2D eigenvalue weighted by atomic mass is 10.2. The zero-order chi connectivity index (χ0) is 21.1. The van der Waals surface area contributed by atoms with E-state index in [9.17, 15) is 9.18 Å². The number of aromatic nitrogens is 5. The average molecular weight is 427 g/mol. The predicted octanol–water partition coefficient (Wildman–Crippen LogP) is 3.99. The van der Waals surface area contributed by atoms with Crippen molar-refractivity contribution in [3.8, 4) is 17.0 Å². The quantitative estimate of drug-likeness (QED) is 0.500. The number of carbonyl (C=O) groups excluding carboxylic acids is 1. The molecule has 0 radical (unpaired) electrons. The summed E-state index contributed by atoms with van der Waals surface area (Å²) in [5.41, 5.74) is 1.43. The number of aryl methyl sites for hydroxylation is 2. The van der Waals surface area contributed by atoms with Crippen molar-refractivity contribution in [1.82, 2.24) is 25.2 Å². The maximum absolute atomic E-state index is 14.1. The van der Waals surface area contributed by atoms with E-state index < -0.39 is 5.82 Å². The first-order valence-electron chi connectivity index (χ1n) is 9.05. The minimum Gasteiger partial charge on any atom is -0.441 e. The van der Waals surface area contributed by atoms with Crippen LogP contribution in [0.1, 0.15) is 18.1 Å². The van der Waals surface area contributed by atoms with Crippen molar-refractivity contribution in [3.63, 3.8) is 0 Å². The first kappa shape index (κ1) is 19.7. The van der Waals surface area contributed by atoms with Crippen LogP contribution in [-0.4, -0.2) is 31.1 Å². The Hall–Kier alpha value is -3.59. The van der Waals surface area contributed by atoms with Gasteiger partial charge in [-0.05, 0) is 59.8 Å². The molecule has 0 aliphatic rings. The predicted molar refractivity (Wildman–Crippen MR) is 108 cm³/mol. The van der Waals surface area contributed by atoms with Gasteiger partial charge in [-0.15, -0.1) is 5.10 Å². The molecule has 152 valence electrons. The second-order valence-electron chi connectivity index (χ2n) is 6.48. The SMILES string of the molecule is Cc1nnnn1-c1cc(NC(=O)CCc2ncc(-c3ccc(Cl)cc3)o2)ccc1F. The molecule has 0 unspecified atom stereocenters. The van der Waals surface area contributed by atoms with Gasteiger partial charge in [0, 0.05) is 29.1 Å². The second-order valence-corrected chi connectivity index (χ2v) is 6.91. The number of nitrogens with zero attached hydrogens (tertiary/aromatic N) is 5. The van der Waals surface area contributed by atoms with Gasteiger partial charge in [0.05, 0.1) is 6.20 Å². The van der Waals surface area contributed by atoms with Crippen molar-refractivity contribution in [2.75, 3.05) is 5.32 Å². The Morgan fingerprint density at radius 1 is 1.23 bits per heavy atom. The first-order chi connectivity index (χ1) is 14.5. The Labute approximate surface area is 175 Å². The van der Waals surface area contributed by atoms with Crippen LogP contribution < -0.4 is 5.32 Å². The van der Waals surface area contributed by atoms with E-state index in [1.54, 1.807) is 25.3 Å². The third-order valence-corrected chi connectivity index (χ3v) is 4.58. The monoisotopic (exact) mass is 426 g/mol. The number of amides is 1. The van der Waals surface area contributed by atoms with E-state index in [1.165, 1.54) is 22.9 Å². The van der Waals surface area contributed by atoms with E-state index in [-0.39, 0.29) is 18.0 Å². The van der Waals surface area contributed by atoms with Crippen LogP contribution in [0.2, 0.25) is 5.02 Å². The number of benzene rings is 2. The summed E-state index contributed by atoms with van der Waals surface area (Å²) in [6.07, 6.45) is 2.08. The highest BCUT2D eigenvalue weighted by Crippen LogP contribution is 2.23. The summed E-state index contributed by atoms with van der Waals surface area (Å²) in [6, 6.07) is 11.4. The lowest BCUT2D eigenvalue weighted by Gasteiger charge is -2.08. The van der Waals surface area contributed by atoms with E-state index in [0.29, 0.717) is 34.6 Å². The van der Waals surface area contributed by atoms with Crippen LogP contribution in [0.3, 0.4) is 0 Å². The molecule has 1 N–H and O–H groups in total. The smallest absolute Gasteiger partial charge is 0.224 e. The topological polar surface area (TPSA) is 98.7 Å². The van der Waals surface area contributed by atoms with E-state index in [1.807, 2.05) is 12.1 Å². The van der Waals surface area contributed by atoms with Crippen LogP contribution in [0.4, 0.5) is 10.1 Å². The van der Waals surface area contributed by atoms with Gasteiger partial charge < -0.3 is 9.73 Å². The molecular formula is C20H16ClFN6O2. The molecule has 4 aromatic rings. The fourth-order valence-electron chi connectivity index (χ4n) is 2.82. The number of carbonyl (C=O) groups is 1. The van der Waals surface area contributed by atoms with E-state index in [0.717, 1.165) is 5.56 Å².